The molecule has 1 heterocycles. The highest BCUT2D eigenvalue weighted by Gasteiger charge is 2.19. The summed E-state index contributed by atoms with van der Waals surface area (Å²) in [6, 6.07) is 15.3. The number of benzene rings is 2. The van der Waals surface area contributed by atoms with Crippen LogP contribution in [0, 0.1) is 17.8 Å². The van der Waals surface area contributed by atoms with Crippen LogP contribution in [0.3, 0.4) is 0 Å². The molecule has 0 saturated carbocycles. The molecule has 0 unspecified atom stereocenters. The van der Waals surface area contributed by atoms with Crippen molar-refractivity contribution in [2.24, 2.45) is 0 Å². The number of hydrogen-bond donors (Lipinski definition) is 2. The Bertz CT molecular complexity index is 938. The average molecular weight is 355 g/mol. The van der Waals surface area contributed by atoms with Crippen molar-refractivity contribution in [3.63, 3.8) is 0 Å². The fourth-order valence-electron chi connectivity index (χ4n) is 2.63. The standard InChI is InChI=1S/C18H17N3OS2/c1-11-7-6-8-12(2)14(11)21-16(19)15(24-18(21)23)17(22)20-13-9-4-3-5-10-13/h3-10H,19H2,1-2H3,(H,20,22). The second kappa shape index (κ2) is 6.59. The largest absolute Gasteiger partial charge is 0.383 e. The summed E-state index contributed by atoms with van der Waals surface area (Å²) in [6.45, 7) is 4.01. The summed E-state index contributed by atoms with van der Waals surface area (Å²) < 4.78 is 2.34. The van der Waals surface area contributed by atoms with Crippen LogP contribution in [0.4, 0.5) is 11.5 Å². The minimum atomic E-state index is -0.250. The Hall–Kier alpha value is -2.44. The molecule has 0 saturated heterocycles. The first kappa shape index (κ1) is 16.4. The van der Waals surface area contributed by atoms with Gasteiger partial charge in [-0.15, -0.1) is 0 Å². The lowest BCUT2D eigenvalue weighted by molar-refractivity contribution is 0.103. The molecule has 0 aliphatic rings. The number of thiazole rings is 1. The molecule has 6 heteroatoms. The van der Waals surface area contributed by atoms with Crippen LogP contribution in [0.1, 0.15) is 20.8 Å². The maximum atomic E-state index is 12.6. The number of carbonyl (C=O) groups is 1. The summed E-state index contributed by atoms with van der Waals surface area (Å²) in [5.74, 6) is 0.121. The molecule has 0 bridgehead atoms. The zero-order chi connectivity index (χ0) is 17.3. The van der Waals surface area contributed by atoms with Crippen molar-refractivity contribution in [3.05, 3.63) is 68.5 Å². The summed E-state index contributed by atoms with van der Waals surface area (Å²) in [7, 11) is 0. The number of carbonyl (C=O) groups excluding carboxylic acids is 1. The zero-order valence-electron chi connectivity index (χ0n) is 13.4. The number of aromatic nitrogens is 1. The Kier molecular flexibility index (Phi) is 4.51. The molecule has 3 N–H and O–H groups in total. The van der Waals surface area contributed by atoms with Crippen LogP contribution in [-0.2, 0) is 0 Å². The predicted molar refractivity (Wildman–Crippen MR) is 103 cm³/mol. The van der Waals surface area contributed by atoms with Crippen molar-refractivity contribution in [2.45, 2.75) is 13.8 Å². The summed E-state index contributed by atoms with van der Waals surface area (Å²) in [6.07, 6.45) is 0. The van der Waals surface area contributed by atoms with Crippen molar-refractivity contribution in [1.82, 2.24) is 4.57 Å². The Balaban J connectivity index is 2.04. The van der Waals surface area contributed by atoms with Gasteiger partial charge in [0.1, 0.15) is 10.7 Å². The van der Waals surface area contributed by atoms with E-state index in [1.807, 2.05) is 62.4 Å². The molecule has 0 fully saturated rings. The molecule has 1 aromatic heterocycles. The van der Waals surface area contributed by atoms with Crippen LogP contribution in [-0.4, -0.2) is 10.5 Å². The smallest absolute Gasteiger partial charge is 0.269 e. The van der Waals surface area contributed by atoms with E-state index < -0.39 is 0 Å². The van der Waals surface area contributed by atoms with Crippen LogP contribution < -0.4 is 11.1 Å². The number of nitrogens with zero attached hydrogens (tertiary/aromatic N) is 1. The maximum absolute atomic E-state index is 12.6. The first-order valence-electron chi connectivity index (χ1n) is 7.43. The monoisotopic (exact) mass is 355 g/mol. The third-order valence-electron chi connectivity index (χ3n) is 3.75. The molecule has 122 valence electrons. The Morgan fingerprint density at radius 2 is 1.71 bits per heavy atom. The zero-order valence-corrected chi connectivity index (χ0v) is 15.0. The first-order chi connectivity index (χ1) is 11.5. The number of amides is 1. The number of para-hydroxylation sites is 2. The Labute approximate surface area is 149 Å². The fraction of sp³-hybridized carbons (Fsp3) is 0.111. The van der Waals surface area contributed by atoms with E-state index in [2.05, 4.69) is 5.32 Å². The van der Waals surface area contributed by atoms with E-state index in [-0.39, 0.29) is 5.91 Å². The van der Waals surface area contributed by atoms with Gasteiger partial charge in [-0.2, -0.15) is 0 Å². The van der Waals surface area contributed by atoms with E-state index in [0.29, 0.717) is 14.6 Å². The number of rotatable bonds is 3. The molecule has 0 spiro atoms. The number of nitrogens with two attached hydrogens (primary N) is 1. The molecule has 0 radical (unpaired) electrons. The van der Waals surface area contributed by atoms with Gasteiger partial charge >= 0.3 is 0 Å². The van der Waals surface area contributed by atoms with Crippen molar-refractivity contribution in [3.8, 4) is 5.69 Å². The molecule has 4 nitrogen and oxygen atoms in total. The number of aryl methyl sites for hydroxylation is 2. The summed E-state index contributed by atoms with van der Waals surface area (Å²) in [4.78, 5) is 13.0. The quantitative estimate of drug-likeness (QED) is 0.668. The molecule has 3 rings (SSSR count). The van der Waals surface area contributed by atoms with Gasteiger partial charge in [-0.25, -0.2) is 0 Å². The van der Waals surface area contributed by atoms with E-state index in [9.17, 15) is 4.79 Å². The van der Waals surface area contributed by atoms with Gasteiger partial charge in [-0.1, -0.05) is 47.7 Å². The van der Waals surface area contributed by atoms with E-state index >= 15 is 0 Å². The molecule has 0 atom stereocenters. The van der Waals surface area contributed by atoms with Gasteiger partial charge in [0.15, 0.2) is 3.95 Å². The second-order valence-corrected chi connectivity index (χ2v) is 7.12. The molecule has 3 aromatic rings. The highest BCUT2D eigenvalue weighted by molar-refractivity contribution is 7.73. The number of nitrogens with one attached hydrogen (secondary N) is 1. The SMILES string of the molecule is Cc1cccc(C)c1-n1c(N)c(C(=O)Nc2ccccc2)sc1=S. The summed E-state index contributed by atoms with van der Waals surface area (Å²) >= 11 is 6.69. The van der Waals surface area contributed by atoms with Crippen molar-refractivity contribution in [1.29, 1.82) is 0 Å². The van der Waals surface area contributed by atoms with Gasteiger partial charge in [0.2, 0.25) is 0 Å². The summed E-state index contributed by atoms with van der Waals surface area (Å²) in [5.41, 5.74) is 10.1. The molecular weight excluding hydrogens is 338 g/mol. The van der Waals surface area contributed by atoms with Gasteiger partial charge in [-0.3, -0.25) is 9.36 Å². The van der Waals surface area contributed by atoms with Crippen molar-refractivity contribution >= 4 is 41.0 Å². The van der Waals surface area contributed by atoms with Gasteiger partial charge in [0.25, 0.3) is 5.91 Å². The molecule has 2 aromatic carbocycles. The van der Waals surface area contributed by atoms with Crippen LogP contribution in [0.5, 0.6) is 0 Å². The predicted octanol–water partition coefficient (Wildman–Crippen LogP) is 4.72. The number of anilines is 2. The first-order valence-corrected chi connectivity index (χ1v) is 8.66. The van der Waals surface area contributed by atoms with E-state index in [1.54, 1.807) is 4.57 Å². The lowest BCUT2D eigenvalue weighted by Crippen LogP contribution is -2.14. The van der Waals surface area contributed by atoms with Crippen LogP contribution in [0.15, 0.2) is 48.5 Å². The summed E-state index contributed by atoms with van der Waals surface area (Å²) in [5, 5.41) is 2.85. The lowest BCUT2D eigenvalue weighted by atomic mass is 10.1. The number of nitrogen functional groups attached to an aromatic ring is 1. The third kappa shape index (κ3) is 2.98. The van der Waals surface area contributed by atoms with Gasteiger partial charge in [0.05, 0.1) is 5.69 Å². The Morgan fingerprint density at radius 3 is 2.33 bits per heavy atom. The van der Waals surface area contributed by atoms with Crippen LogP contribution >= 0.6 is 23.6 Å². The topological polar surface area (TPSA) is 60.0 Å². The van der Waals surface area contributed by atoms with Gasteiger partial charge in [0, 0.05) is 5.69 Å². The molecular formula is C18H17N3OS2. The van der Waals surface area contributed by atoms with E-state index in [1.165, 1.54) is 11.3 Å². The minimum absolute atomic E-state index is 0.250. The third-order valence-corrected chi connectivity index (χ3v) is 5.13. The fourth-order valence-corrected chi connectivity index (χ4v) is 3.86. The van der Waals surface area contributed by atoms with Crippen LogP contribution in [0.2, 0.25) is 0 Å². The molecule has 24 heavy (non-hydrogen) atoms. The maximum Gasteiger partial charge on any atom is 0.269 e. The Morgan fingerprint density at radius 1 is 1.08 bits per heavy atom. The van der Waals surface area contributed by atoms with Crippen molar-refractivity contribution < 1.29 is 4.79 Å². The van der Waals surface area contributed by atoms with Gasteiger partial charge in [-0.05, 0) is 49.3 Å². The number of hydrogen-bond acceptors (Lipinski definition) is 4. The van der Waals surface area contributed by atoms with Gasteiger partial charge < -0.3 is 11.1 Å². The normalized spacial score (nSPS) is 10.6. The lowest BCUT2D eigenvalue weighted by Gasteiger charge is -2.13. The average Bonchev–Trinajstić information content (AvgIpc) is 2.84. The molecule has 1 amide bonds. The second-order valence-electron chi connectivity index (χ2n) is 5.48. The van der Waals surface area contributed by atoms with E-state index in [4.69, 9.17) is 18.0 Å². The van der Waals surface area contributed by atoms with E-state index in [0.717, 1.165) is 22.5 Å². The molecule has 0 aliphatic heterocycles. The van der Waals surface area contributed by atoms with Crippen molar-refractivity contribution in [2.75, 3.05) is 11.1 Å². The highest BCUT2D eigenvalue weighted by atomic mass is 32.1. The minimum Gasteiger partial charge on any atom is -0.383 e. The van der Waals surface area contributed by atoms with Crippen LogP contribution in [0.25, 0.3) is 5.69 Å². The molecule has 0 aliphatic carbocycles. The highest BCUT2D eigenvalue weighted by Crippen LogP contribution is 2.30.